The van der Waals surface area contributed by atoms with Gasteiger partial charge in [-0.15, -0.1) is 0 Å². The van der Waals surface area contributed by atoms with Crippen molar-refractivity contribution in [2.45, 2.75) is 19.8 Å². The number of hydrogen-bond donors (Lipinski definition) is 0. The summed E-state index contributed by atoms with van der Waals surface area (Å²) in [6.45, 7) is 4.35. The fourth-order valence-corrected chi connectivity index (χ4v) is 1.67. The highest BCUT2D eigenvalue weighted by molar-refractivity contribution is 5.61. The van der Waals surface area contributed by atoms with E-state index in [0.717, 1.165) is 11.3 Å². The van der Waals surface area contributed by atoms with Gasteiger partial charge in [0.05, 0.1) is 11.9 Å². The van der Waals surface area contributed by atoms with Crippen molar-refractivity contribution < 1.29 is 0 Å². The third-order valence-electron chi connectivity index (χ3n) is 2.44. The summed E-state index contributed by atoms with van der Waals surface area (Å²) < 4.78 is 1.80. The minimum absolute atomic E-state index is 0.480. The lowest BCUT2D eigenvalue weighted by molar-refractivity contribution is 0.768. The van der Waals surface area contributed by atoms with Gasteiger partial charge in [-0.1, -0.05) is 19.9 Å². The van der Waals surface area contributed by atoms with Gasteiger partial charge in [0.25, 0.3) is 0 Å². The van der Waals surface area contributed by atoms with Gasteiger partial charge in [0.2, 0.25) is 0 Å². The minimum atomic E-state index is 0.480. The third-order valence-corrected chi connectivity index (χ3v) is 2.44. The van der Waals surface area contributed by atoms with Crippen molar-refractivity contribution >= 4 is 0 Å². The summed E-state index contributed by atoms with van der Waals surface area (Å²) in [5.74, 6) is 0.480. The molecule has 0 amide bonds. The summed E-state index contributed by atoms with van der Waals surface area (Å²) in [4.78, 5) is 4.43. The van der Waals surface area contributed by atoms with E-state index >= 15 is 0 Å². The molecule has 0 bridgehead atoms. The molecule has 0 saturated carbocycles. The highest BCUT2D eigenvalue weighted by Crippen LogP contribution is 2.26. The maximum absolute atomic E-state index is 4.43. The SMILES string of the molecule is CC(C)c1cccnc1-c1cnn(C)c1. The topological polar surface area (TPSA) is 30.7 Å². The number of aromatic nitrogens is 3. The monoisotopic (exact) mass is 201 g/mol. The Morgan fingerprint density at radius 3 is 2.73 bits per heavy atom. The average molecular weight is 201 g/mol. The maximum atomic E-state index is 4.43. The Hall–Kier alpha value is -1.64. The Morgan fingerprint density at radius 2 is 2.13 bits per heavy atom. The van der Waals surface area contributed by atoms with E-state index in [1.165, 1.54) is 5.56 Å². The molecule has 0 saturated heterocycles. The van der Waals surface area contributed by atoms with E-state index in [9.17, 15) is 0 Å². The number of aryl methyl sites for hydroxylation is 1. The first-order valence-corrected chi connectivity index (χ1v) is 5.12. The molecule has 2 heterocycles. The Morgan fingerprint density at radius 1 is 1.33 bits per heavy atom. The van der Waals surface area contributed by atoms with Gasteiger partial charge in [-0.3, -0.25) is 9.67 Å². The van der Waals surface area contributed by atoms with Crippen molar-refractivity contribution in [2.24, 2.45) is 7.05 Å². The molecule has 3 heteroatoms. The highest BCUT2D eigenvalue weighted by atomic mass is 15.2. The van der Waals surface area contributed by atoms with Crippen molar-refractivity contribution in [3.63, 3.8) is 0 Å². The number of rotatable bonds is 2. The van der Waals surface area contributed by atoms with Crippen LogP contribution < -0.4 is 0 Å². The van der Waals surface area contributed by atoms with Gasteiger partial charge < -0.3 is 0 Å². The van der Waals surface area contributed by atoms with E-state index in [4.69, 9.17) is 0 Å². The molecule has 0 aromatic carbocycles. The standard InChI is InChI=1S/C12H15N3/c1-9(2)11-5-4-6-13-12(11)10-7-14-15(3)8-10/h4-9H,1-3H3. The molecule has 15 heavy (non-hydrogen) atoms. The van der Waals surface area contributed by atoms with Crippen LogP contribution in [0.4, 0.5) is 0 Å². The maximum Gasteiger partial charge on any atom is 0.0768 e. The number of nitrogens with zero attached hydrogens (tertiary/aromatic N) is 3. The summed E-state index contributed by atoms with van der Waals surface area (Å²) in [7, 11) is 1.92. The van der Waals surface area contributed by atoms with E-state index < -0.39 is 0 Å². The first kappa shape index (κ1) is 9.90. The summed E-state index contributed by atoms with van der Waals surface area (Å²) in [6, 6.07) is 4.11. The predicted molar refractivity (Wildman–Crippen MR) is 60.5 cm³/mol. The molecule has 2 aromatic heterocycles. The molecule has 78 valence electrons. The van der Waals surface area contributed by atoms with Crippen molar-refractivity contribution in [1.29, 1.82) is 0 Å². The molecule has 0 unspecified atom stereocenters. The van der Waals surface area contributed by atoms with E-state index in [-0.39, 0.29) is 0 Å². The second-order valence-electron chi connectivity index (χ2n) is 4.00. The molecule has 0 spiro atoms. The average Bonchev–Trinajstić information content (AvgIpc) is 2.65. The summed E-state index contributed by atoms with van der Waals surface area (Å²) in [5, 5.41) is 4.17. The van der Waals surface area contributed by atoms with Crippen LogP contribution >= 0.6 is 0 Å². The number of pyridine rings is 1. The van der Waals surface area contributed by atoms with Crippen LogP contribution in [0.3, 0.4) is 0 Å². The lowest BCUT2D eigenvalue weighted by Gasteiger charge is -2.09. The van der Waals surface area contributed by atoms with E-state index in [1.807, 2.05) is 31.7 Å². The predicted octanol–water partition coefficient (Wildman–Crippen LogP) is 2.61. The normalized spacial score (nSPS) is 10.9. The van der Waals surface area contributed by atoms with Gasteiger partial charge in [0.15, 0.2) is 0 Å². The quantitative estimate of drug-likeness (QED) is 0.747. The summed E-state index contributed by atoms with van der Waals surface area (Å²) in [6.07, 6.45) is 5.68. The molecule has 0 fully saturated rings. The van der Waals surface area contributed by atoms with Gasteiger partial charge in [-0.05, 0) is 17.5 Å². The molecule has 0 atom stereocenters. The van der Waals surface area contributed by atoms with Crippen molar-refractivity contribution in [2.75, 3.05) is 0 Å². The molecule has 3 nitrogen and oxygen atoms in total. The lowest BCUT2D eigenvalue weighted by atomic mass is 9.99. The lowest BCUT2D eigenvalue weighted by Crippen LogP contribution is -1.94. The fraction of sp³-hybridized carbons (Fsp3) is 0.333. The van der Waals surface area contributed by atoms with E-state index in [1.54, 1.807) is 4.68 Å². The summed E-state index contributed by atoms with van der Waals surface area (Å²) in [5.41, 5.74) is 3.40. The largest absolute Gasteiger partial charge is 0.275 e. The fourth-order valence-electron chi connectivity index (χ4n) is 1.67. The third kappa shape index (κ3) is 1.91. The van der Waals surface area contributed by atoms with Gasteiger partial charge >= 0.3 is 0 Å². The molecule has 0 aliphatic rings. The van der Waals surface area contributed by atoms with E-state index in [0.29, 0.717) is 5.92 Å². The van der Waals surface area contributed by atoms with Crippen LogP contribution in [0.15, 0.2) is 30.7 Å². The molecule has 2 aromatic rings. The molecular formula is C12H15N3. The zero-order valence-electron chi connectivity index (χ0n) is 9.31. The molecule has 2 rings (SSSR count). The van der Waals surface area contributed by atoms with Crippen LogP contribution in [0.2, 0.25) is 0 Å². The highest BCUT2D eigenvalue weighted by Gasteiger charge is 2.10. The van der Waals surface area contributed by atoms with E-state index in [2.05, 4.69) is 30.0 Å². The van der Waals surface area contributed by atoms with Crippen molar-refractivity contribution in [3.8, 4) is 11.3 Å². The van der Waals surface area contributed by atoms with Crippen LogP contribution in [0.5, 0.6) is 0 Å². The van der Waals surface area contributed by atoms with Crippen LogP contribution in [0, 0.1) is 0 Å². The van der Waals surface area contributed by atoms with Crippen LogP contribution in [-0.4, -0.2) is 14.8 Å². The minimum Gasteiger partial charge on any atom is -0.275 e. The Kier molecular flexibility index (Phi) is 2.54. The van der Waals surface area contributed by atoms with Gasteiger partial charge in [0.1, 0.15) is 0 Å². The molecule has 0 N–H and O–H groups in total. The van der Waals surface area contributed by atoms with Crippen LogP contribution in [0.1, 0.15) is 25.3 Å². The van der Waals surface area contributed by atoms with Crippen molar-refractivity contribution in [1.82, 2.24) is 14.8 Å². The molecule has 0 aliphatic heterocycles. The Labute approximate surface area is 89.8 Å². The Bertz CT molecular complexity index is 457. The smallest absolute Gasteiger partial charge is 0.0768 e. The van der Waals surface area contributed by atoms with Gasteiger partial charge in [-0.25, -0.2) is 0 Å². The van der Waals surface area contributed by atoms with Gasteiger partial charge in [0, 0.05) is 25.0 Å². The zero-order valence-corrected chi connectivity index (χ0v) is 9.31. The first-order valence-electron chi connectivity index (χ1n) is 5.12. The second kappa shape index (κ2) is 3.85. The molecular weight excluding hydrogens is 186 g/mol. The molecule has 0 aliphatic carbocycles. The first-order chi connectivity index (χ1) is 7.18. The van der Waals surface area contributed by atoms with Crippen LogP contribution in [0.25, 0.3) is 11.3 Å². The second-order valence-corrected chi connectivity index (χ2v) is 4.00. The zero-order chi connectivity index (χ0) is 10.8. The number of hydrogen-bond acceptors (Lipinski definition) is 2. The van der Waals surface area contributed by atoms with Crippen molar-refractivity contribution in [3.05, 3.63) is 36.3 Å². The summed E-state index contributed by atoms with van der Waals surface area (Å²) >= 11 is 0. The van der Waals surface area contributed by atoms with Gasteiger partial charge in [-0.2, -0.15) is 5.10 Å². The van der Waals surface area contributed by atoms with Crippen LogP contribution in [-0.2, 0) is 7.05 Å². The molecule has 0 radical (unpaired) electrons. The Balaban J connectivity index is 2.52.